The zero-order valence-corrected chi connectivity index (χ0v) is 20.9. The van der Waals surface area contributed by atoms with Crippen molar-refractivity contribution in [3.05, 3.63) is 101 Å². The Bertz CT molecular complexity index is 1170. The second kappa shape index (κ2) is 13.2. The summed E-state index contributed by atoms with van der Waals surface area (Å²) in [4.78, 5) is 0. The summed E-state index contributed by atoms with van der Waals surface area (Å²) in [6.07, 6.45) is -3.20. The molecule has 0 saturated carbocycles. The summed E-state index contributed by atoms with van der Waals surface area (Å²) in [6, 6.07) is 17.5. The molecule has 0 bridgehead atoms. The Balaban J connectivity index is 1.25. The largest absolute Gasteiger partial charge is 0.494 e. The molecule has 2 atom stereocenters. The van der Waals surface area contributed by atoms with Crippen LogP contribution < -0.4 is 15.4 Å². The third-order valence-electron chi connectivity index (χ3n) is 6.61. The van der Waals surface area contributed by atoms with Crippen molar-refractivity contribution in [2.75, 3.05) is 26.3 Å². The first-order chi connectivity index (χ1) is 18.3. The SMILES string of the molecule is Fc1ccccc1COCCCOc1ccc([C@@H]2CCNC[C@@H]2NCc2ccc(F)c(C(F)(F)F)c2)cc1. The van der Waals surface area contributed by atoms with Crippen LogP contribution in [0.1, 0.15) is 41.0 Å². The van der Waals surface area contributed by atoms with E-state index in [0.29, 0.717) is 37.3 Å². The Morgan fingerprint density at radius 3 is 2.47 bits per heavy atom. The van der Waals surface area contributed by atoms with Gasteiger partial charge in [-0.2, -0.15) is 13.2 Å². The highest BCUT2D eigenvalue weighted by molar-refractivity contribution is 5.31. The fourth-order valence-electron chi connectivity index (χ4n) is 4.58. The molecule has 0 spiro atoms. The number of nitrogens with one attached hydrogen (secondary N) is 2. The van der Waals surface area contributed by atoms with E-state index in [4.69, 9.17) is 9.47 Å². The van der Waals surface area contributed by atoms with Crippen LogP contribution >= 0.6 is 0 Å². The molecule has 38 heavy (non-hydrogen) atoms. The van der Waals surface area contributed by atoms with Crippen molar-refractivity contribution >= 4 is 0 Å². The third-order valence-corrected chi connectivity index (χ3v) is 6.61. The van der Waals surface area contributed by atoms with E-state index in [1.165, 1.54) is 12.1 Å². The van der Waals surface area contributed by atoms with Gasteiger partial charge in [0.2, 0.25) is 0 Å². The molecule has 1 heterocycles. The highest BCUT2D eigenvalue weighted by atomic mass is 19.4. The Kier molecular flexibility index (Phi) is 9.71. The van der Waals surface area contributed by atoms with Crippen LogP contribution in [0.3, 0.4) is 0 Å². The molecule has 1 fully saturated rings. The molecule has 204 valence electrons. The van der Waals surface area contributed by atoms with E-state index in [-0.39, 0.29) is 30.9 Å². The van der Waals surface area contributed by atoms with E-state index in [2.05, 4.69) is 10.6 Å². The van der Waals surface area contributed by atoms with Gasteiger partial charge in [0.05, 0.1) is 25.4 Å². The van der Waals surface area contributed by atoms with Crippen molar-refractivity contribution in [1.82, 2.24) is 10.6 Å². The third kappa shape index (κ3) is 7.75. The molecule has 1 saturated heterocycles. The zero-order chi connectivity index (χ0) is 27.0. The van der Waals surface area contributed by atoms with Crippen LogP contribution in [0.2, 0.25) is 0 Å². The molecule has 0 aliphatic carbocycles. The number of alkyl halides is 3. The number of benzene rings is 3. The Labute approximate surface area is 219 Å². The van der Waals surface area contributed by atoms with Crippen LogP contribution in [-0.4, -0.2) is 32.3 Å². The lowest BCUT2D eigenvalue weighted by molar-refractivity contribution is -0.140. The quantitative estimate of drug-likeness (QED) is 0.227. The van der Waals surface area contributed by atoms with Gasteiger partial charge in [0.25, 0.3) is 0 Å². The molecule has 0 radical (unpaired) electrons. The average molecular weight is 535 g/mol. The van der Waals surface area contributed by atoms with E-state index < -0.39 is 17.6 Å². The molecule has 3 aromatic rings. The maximum atomic E-state index is 13.6. The molecule has 0 unspecified atom stereocenters. The van der Waals surface area contributed by atoms with Gasteiger partial charge in [0.1, 0.15) is 17.4 Å². The average Bonchev–Trinajstić information content (AvgIpc) is 2.91. The smallest absolute Gasteiger partial charge is 0.419 e. The van der Waals surface area contributed by atoms with Gasteiger partial charge < -0.3 is 20.1 Å². The summed E-state index contributed by atoms with van der Waals surface area (Å²) >= 11 is 0. The normalized spacial score (nSPS) is 17.9. The first-order valence-corrected chi connectivity index (χ1v) is 12.6. The van der Waals surface area contributed by atoms with Gasteiger partial charge in [-0.1, -0.05) is 36.4 Å². The molecular weight excluding hydrogens is 503 g/mol. The summed E-state index contributed by atoms with van der Waals surface area (Å²) in [5, 5.41) is 6.67. The van der Waals surface area contributed by atoms with Crippen LogP contribution in [0, 0.1) is 11.6 Å². The van der Waals surface area contributed by atoms with E-state index in [0.717, 1.165) is 36.4 Å². The number of halogens is 5. The lowest BCUT2D eigenvalue weighted by Gasteiger charge is -2.33. The Hall–Kier alpha value is -3.01. The summed E-state index contributed by atoms with van der Waals surface area (Å²) in [5.41, 5.74) is 0.769. The standard InChI is InChI=1S/C29H31F5N2O2/c30-26-5-2-1-4-22(26)19-37-14-3-15-38-23-9-7-21(8-10-23)24-12-13-35-18-28(24)36-17-20-6-11-27(31)25(16-20)29(32,33)34/h1-2,4-11,16,24,28,35-36H,3,12-15,17-19H2/t24-,28-/m0/s1. The van der Waals surface area contributed by atoms with Gasteiger partial charge in [0, 0.05) is 37.0 Å². The summed E-state index contributed by atoms with van der Waals surface area (Å²) in [7, 11) is 0. The van der Waals surface area contributed by atoms with Crippen LogP contribution in [0.25, 0.3) is 0 Å². The number of hydrogen-bond acceptors (Lipinski definition) is 4. The van der Waals surface area contributed by atoms with Crippen molar-refractivity contribution in [2.24, 2.45) is 0 Å². The van der Waals surface area contributed by atoms with Gasteiger partial charge in [0.15, 0.2) is 0 Å². The predicted molar refractivity (Wildman–Crippen MR) is 135 cm³/mol. The number of ether oxygens (including phenoxy) is 2. The second-order valence-electron chi connectivity index (χ2n) is 9.31. The van der Waals surface area contributed by atoms with E-state index in [9.17, 15) is 22.0 Å². The van der Waals surface area contributed by atoms with Crippen LogP contribution in [0.4, 0.5) is 22.0 Å². The van der Waals surface area contributed by atoms with Crippen LogP contribution in [0.5, 0.6) is 5.75 Å². The highest BCUT2D eigenvalue weighted by Gasteiger charge is 2.34. The van der Waals surface area contributed by atoms with E-state index >= 15 is 0 Å². The minimum atomic E-state index is -4.73. The molecule has 1 aliphatic heterocycles. The topological polar surface area (TPSA) is 42.5 Å². The maximum Gasteiger partial charge on any atom is 0.419 e. The lowest BCUT2D eigenvalue weighted by Crippen LogP contribution is -2.47. The predicted octanol–water partition coefficient (Wildman–Crippen LogP) is 6.20. The fourth-order valence-corrected chi connectivity index (χ4v) is 4.58. The Morgan fingerprint density at radius 2 is 1.71 bits per heavy atom. The van der Waals surface area contributed by atoms with Crippen LogP contribution in [0.15, 0.2) is 66.7 Å². The minimum absolute atomic E-state index is 0.00140. The van der Waals surface area contributed by atoms with E-state index in [1.807, 2.05) is 24.3 Å². The van der Waals surface area contributed by atoms with Crippen molar-refractivity contribution in [3.8, 4) is 5.75 Å². The van der Waals surface area contributed by atoms with Gasteiger partial charge in [-0.3, -0.25) is 0 Å². The highest BCUT2D eigenvalue weighted by Crippen LogP contribution is 2.32. The monoisotopic (exact) mass is 534 g/mol. The van der Waals surface area contributed by atoms with Gasteiger partial charge in [-0.15, -0.1) is 0 Å². The number of piperidine rings is 1. The molecule has 1 aliphatic rings. The first kappa shape index (κ1) is 28.0. The molecule has 2 N–H and O–H groups in total. The molecule has 0 amide bonds. The lowest BCUT2D eigenvalue weighted by atomic mass is 9.86. The van der Waals surface area contributed by atoms with Gasteiger partial charge in [-0.05, 0) is 54.4 Å². The van der Waals surface area contributed by atoms with Crippen molar-refractivity contribution in [2.45, 2.75) is 44.1 Å². The van der Waals surface area contributed by atoms with Crippen LogP contribution in [-0.2, 0) is 24.1 Å². The zero-order valence-electron chi connectivity index (χ0n) is 20.9. The van der Waals surface area contributed by atoms with Gasteiger partial charge in [-0.25, -0.2) is 8.78 Å². The minimum Gasteiger partial charge on any atom is -0.494 e. The van der Waals surface area contributed by atoms with Crippen molar-refractivity contribution in [1.29, 1.82) is 0 Å². The summed E-state index contributed by atoms with van der Waals surface area (Å²) in [5.74, 6) is -0.649. The Morgan fingerprint density at radius 1 is 0.921 bits per heavy atom. The number of rotatable bonds is 11. The molecular formula is C29H31F5N2O2. The molecule has 4 rings (SSSR count). The van der Waals surface area contributed by atoms with Crippen molar-refractivity contribution in [3.63, 3.8) is 0 Å². The van der Waals surface area contributed by atoms with Gasteiger partial charge >= 0.3 is 6.18 Å². The fraction of sp³-hybridized carbons (Fsp3) is 0.379. The summed E-state index contributed by atoms with van der Waals surface area (Å²) < 4.78 is 77.7. The molecule has 0 aromatic heterocycles. The molecule has 3 aromatic carbocycles. The number of hydrogen-bond donors (Lipinski definition) is 2. The van der Waals surface area contributed by atoms with E-state index in [1.54, 1.807) is 18.2 Å². The summed E-state index contributed by atoms with van der Waals surface area (Å²) in [6.45, 7) is 2.84. The molecule has 4 nitrogen and oxygen atoms in total. The first-order valence-electron chi connectivity index (χ1n) is 12.6. The maximum absolute atomic E-state index is 13.6. The second-order valence-corrected chi connectivity index (χ2v) is 9.31. The molecule has 9 heteroatoms. The van der Waals surface area contributed by atoms with Crippen molar-refractivity contribution < 1.29 is 31.4 Å².